The highest BCUT2D eigenvalue weighted by Gasteiger charge is 2.33. The molecular weight excluding hydrogens is 296 g/mol. The SMILES string of the molecule is Cc1ccc(S(=O)(=O)O[C@@H]2CCC[C@@H]2c2ccccc2)cc1. The molecular formula is C18H20O3S. The van der Waals surface area contributed by atoms with Crippen LogP contribution in [0.3, 0.4) is 0 Å². The van der Waals surface area contributed by atoms with Crippen LogP contribution < -0.4 is 0 Å². The van der Waals surface area contributed by atoms with Crippen LogP contribution in [0.4, 0.5) is 0 Å². The number of benzene rings is 2. The zero-order valence-corrected chi connectivity index (χ0v) is 13.4. The summed E-state index contributed by atoms with van der Waals surface area (Å²) in [5.41, 5.74) is 2.19. The van der Waals surface area contributed by atoms with Gasteiger partial charge in [-0.25, -0.2) is 0 Å². The topological polar surface area (TPSA) is 43.4 Å². The van der Waals surface area contributed by atoms with Crippen LogP contribution in [0.1, 0.15) is 36.3 Å². The Morgan fingerprint density at radius 3 is 2.32 bits per heavy atom. The van der Waals surface area contributed by atoms with Crippen molar-refractivity contribution in [1.29, 1.82) is 0 Å². The molecule has 2 atom stereocenters. The summed E-state index contributed by atoms with van der Waals surface area (Å²) in [5.74, 6) is 0.154. The van der Waals surface area contributed by atoms with E-state index in [-0.39, 0.29) is 16.9 Å². The van der Waals surface area contributed by atoms with E-state index in [1.54, 1.807) is 24.3 Å². The van der Waals surface area contributed by atoms with Crippen molar-refractivity contribution in [2.45, 2.75) is 43.1 Å². The van der Waals surface area contributed by atoms with E-state index in [4.69, 9.17) is 4.18 Å². The molecule has 0 bridgehead atoms. The predicted octanol–water partition coefficient (Wildman–Crippen LogP) is 4.04. The smallest absolute Gasteiger partial charge is 0.262 e. The molecule has 0 heterocycles. The molecule has 0 N–H and O–H groups in total. The van der Waals surface area contributed by atoms with Crippen LogP contribution in [-0.2, 0) is 14.3 Å². The Labute approximate surface area is 132 Å². The van der Waals surface area contributed by atoms with E-state index >= 15 is 0 Å². The molecule has 2 aromatic carbocycles. The molecule has 0 saturated heterocycles. The van der Waals surface area contributed by atoms with E-state index in [9.17, 15) is 8.42 Å². The molecule has 0 amide bonds. The summed E-state index contributed by atoms with van der Waals surface area (Å²) < 4.78 is 30.5. The van der Waals surface area contributed by atoms with Gasteiger partial charge in [-0.2, -0.15) is 8.42 Å². The zero-order chi connectivity index (χ0) is 15.6. The van der Waals surface area contributed by atoms with Crippen LogP contribution in [0.2, 0.25) is 0 Å². The van der Waals surface area contributed by atoms with Crippen LogP contribution in [0.15, 0.2) is 59.5 Å². The van der Waals surface area contributed by atoms with Crippen molar-refractivity contribution >= 4 is 10.1 Å². The standard InChI is InChI=1S/C18H20O3S/c1-14-10-12-16(13-11-14)22(19,20)21-18-9-5-8-17(18)15-6-3-2-4-7-15/h2-4,6-7,10-13,17-18H,5,8-9H2,1H3/t17-,18-/m1/s1. The molecule has 22 heavy (non-hydrogen) atoms. The summed E-state index contributed by atoms with van der Waals surface area (Å²) in [6, 6.07) is 16.8. The first-order valence-corrected chi connectivity index (χ1v) is 9.02. The van der Waals surface area contributed by atoms with Gasteiger partial charge in [0.15, 0.2) is 0 Å². The summed E-state index contributed by atoms with van der Waals surface area (Å²) >= 11 is 0. The van der Waals surface area contributed by atoms with Gasteiger partial charge in [0.2, 0.25) is 0 Å². The van der Waals surface area contributed by atoms with Gasteiger partial charge in [-0.1, -0.05) is 54.4 Å². The fourth-order valence-electron chi connectivity index (χ4n) is 3.05. The molecule has 0 aliphatic heterocycles. The largest absolute Gasteiger partial charge is 0.297 e. The first kappa shape index (κ1) is 15.3. The minimum atomic E-state index is -3.70. The van der Waals surface area contributed by atoms with Crippen molar-refractivity contribution in [2.24, 2.45) is 0 Å². The average molecular weight is 316 g/mol. The summed E-state index contributed by atoms with van der Waals surface area (Å²) in [5, 5.41) is 0. The number of hydrogen-bond donors (Lipinski definition) is 0. The maximum absolute atomic E-state index is 12.5. The molecule has 0 radical (unpaired) electrons. The third-order valence-corrected chi connectivity index (χ3v) is 5.59. The molecule has 1 aliphatic rings. The fourth-order valence-corrected chi connectivity index (χ4v) is 4.18. The van der Waals surface area contributed by atoms with Gasteiger partial charge in [0.25, 0.3) is 10.1 Å². The second-order valence-electron chi connectivity index (χ2n) is 5.85. The Hall–Kier alpha value is -1.65. The monoisotopic (exact) mass is 316 g/mol. The van der Waals surface area contributed by atoms with Crippen LogP contribution in [-0.4, -0.2) is 14.5 Å². The van der Waals surface area contributed by atoms with E-state index in [0.717, 1.165) is 30.4 Å². The molecule has 1 fully saturated rings. The Morgan fingerprint density at radius 1 is 0.955 bits per heavy atom. The third-order valence-electron chi connectivity index (χ3n) is 4.24. The second-order valence-corrected chi connectivity index (χ2v) is 7.42. The van der Waals surface area contributed by atoms with Gasteiger partial charge in [0.05, 0.1) is 11.0 Å². The highest BCUT2D eigenvalue weighted by molar-refractivity contribution is 7.86. The lowest BCUT2D eigenvalue weighted by molar-refractivity contribution is 0.198. The molecule has 1 aliphatic carbocycles. The summed E-state index contributed by atoms with van der Waals surface area (Å²) in [6.45, 7) is 1.93. The third kappa shape index (κ3) is 3.23. The zero-order valence-electron chi connectivity index (χ0n) is 12.6. The van der Waals surface area contributed by atoms with Gasteiger partial charge in [-0.15, -0.1) is 0 Å². The summed E-state index contributed by atoms with van der Waals surface area (Å²) in [6.07, 6.45) is 2.48. The van der Waals surface area contributed by atoms with Gasteiger partial charge in [0.1, 0.15) is 0 Å². The van der Waals surface area contributed by atoms with Crippen LogP contribution in [0, 0.1) is 6.92 Å². The van der Waals surface area contributed by atoms with E-state index < -0.39 is 10.1 Å². The van der Waals surface area contributed by atoms with E-state index in [1.807, 2.05) is 37.3 Å². The Balaban J connectivity index is 1.81. The Kier molecular flexibility index (Phi) is 4.32. The molecule has 2 aromatic rings. The molecule has 3 nitrogen and oxygen atoms in total. The molecule has 0 spiro atoms. The van der Waals surface area contributed by atoms with Crippen LogP contribution in [0.5, 0.6) is 0 Å². The lowest BCUT2D eigenvalue weighted by Gasteiger charge is -2.20. The summed E-state index contributed by atoms with van der Waals surface area (Å²) in [4.78, 5) is 0.233. The molecule has 3 rings (SSSR count). The minimum absolute atomic E-state index is 0.154. The molecule has 0 unspecified atom stereocenters. The lowest BCUT2D eigenvalue weighted by atomic mass is 9.96. The normalized spacial score (nSPS) is 21.9. The van der Waals surface area contributed by atoms with Crippen LogP contribution >= 0.6 is 0 Å². The first-order chi connectivity index (χ1) is 10.6. The average Bonchev–Trinajstić information content (AvgIpc) is 2.96. The van der Waals surface area contributed by atoms with Gasteiger partial charge in [-0.3, -0.25) is 4.18 Å². The first-order valence-electron chi connectivity index (χ1n) is 7.61. The van der Waals surface area contributed by atoms with Crippen molar-refractivity contribution in [1.82, 2.24) is 0 Å². The predicted molar refractivity (Wildman–Crippen MR) is 86.3 cm³/mol. The Bertz CT molecular complexity index is 721. The fraction of sp³-hybridized carbons (Fsp3) is 0.333. The molecule has 4 heteroatoms. The molecule has 1 saturated carbocycles. The van der Waals surface area contributed by atoms with E-state index in [2.05, 4.69) is 0 Å². The van der Waals surface area contributed by atoms with E-state index in [1.165, 1.54) is 0 Å². The minimum Gasteiger partial charge on any atom is -0.262 e. The van der Waals surface area contributed by atoms with Crippen LogP contribution in [0.25, 0.3) is 0 Å². The maximum atomic E-state index is 12.5. The highest BCUT2D eigenvalue weighted by atomic mass is 32.2. The van der Waals surface area contributed by atoms with Gasteiger partial charge < -0.3 is 0 Å². The van der Waals surface area contributed by atoms with Gasteiger partial charge in [0, 0.05) is 5.92 Å². The summed E-state index contributed by atoms with van der Waals surface area (Å²) in [7, 11) is -3.70. The van der Waals surface area contributed by atoms with Gasteiger partial charge in [-0.05, 0) is 37.5 Å². The van der Waals surface area contributed by atoms with E-state index in [0.29, 0.717) is 0 Å². The van der Waals surface area contributed by atoms with Crippen molar-refractivity contribution in [3.8, 4) is 0 Å². The van der Waals surface area contributed by atoms with Crippen molar-refractivity contribution in [3.63, 3.8) is 0 Å². The highest BCUT2D eigenvalue weighted by Crippen LogP contribution is 2.38. The quantitative estimate of drug-likeness (QED) is 0.800. The Morgan fingerprint density at radius 2 is 1.64 bits per heavy atom. The molecule has 116 valence electrons. The number of rotatable bonds is 4. The second kappa shape index (κ2) is 6.23. The molecule has 0 aromatic heterocycles. The maximum Gasteiger partial charge on any atom is 0.297 e. The number of hydrogen-bond acceptors (Lipinski definition) is 3. The lowest BCUT2D eigenvalue weighted by Crippen LogP contribution is -2.21. The van der Waals surface area contributed by atoms with Crippen molar-refractivity contribution in [2.75, 3.05) is 0 Å². The van der Waals surface area contributed by atoms with Crippen molar-refractivity contribution < 1.29 is 12.6 Å². The number of aryl methyl sites for hydroxylation is 1. The van der Waals surface area contributed by atoms with Crippen molar-refractivity contribution in [3.05, 3.63) is 65.7 Å². The van der Waals surface area contributed by atoms with Gasteiger partial charge >= 0.3 is 0 Å².